The topological polar surface area (TPSA) is 58.6 Å². The Morgan fingerprint density at radius 2 is 1.78 bits per heavy atom. The summed E-state index contributed by atoms with van der Waals surface area (Å²) in [6.45, 7) is 6.96. The van der Waals surface area contributed by atoms with Gasteiger partial charge in [-0.3, -0.25) is 4.90 Å². The van der Waals surface area contributed by atoms with Gasteiger partial charge in [-0.05, 0) is 37.1 Å². The third kappa shape index (κ3) is 5.09. The quantitative estimate of drug-likeness (QED) is 0.796. The van der Waals surface area contributed by atoms with Crippen LogP contribution in [0, 0.1) is 13.8 Å². The van der Waals surface area contributed by atoms with Gasteiger partial charge in [0.25, 0.3) is 0 Å². The molecule has 0 bridgehead atoms. The number of nitrogens with one attached hydrogen (secondary N) is 1. The fourth-order valence-electron chi connectivity index (χ4n) is 3.27. The average molecular weight is 409 g/mol. The van der Waals surface area contributed by atoms with Gasteiger partial charge in [0.05, 0.1) is 18.1 Å². The van der Waals surface area contributed by atoms with Crippen LogP contribution in [0.15, 0.2) is 47.4 Å². The molecule has 2 aromatic rings. The Labute approximate surface area is 166 Å². The van der Waals surface area contributed by atoms with Crippen LogP contribution in [0.5, 0.6) is 0 Å². The van der Waals surface area contributed by atoms with E-state index in [4.69, 9.17) is 16.3 Å². The summed E-state index contributed by atoms with van der Waals surface area (Å²) in [6.07, 6.45) is 0. The molecule has 1 fully saturated rings. The molecular formula is C20H25ClN2O3S. The highest BCUT2D eigenvalue weighted by molar-refractivity contribution is 7.89. The summed E-state index contributed by atoms with van der Waals surface area (Å²) < 4.78 is 34.0. The molecule has 7 heteroatoms. The van der Waals surface area contributed by atoms with Gasteiger partial charge in [-0.1, -0.05) is 47.5 Å². The second-order valence-corrected chi connectivity index (χ2v) is 9.01. The zero-order valence-corrected chi connectivity index (χ0v) is 17.2. The van der Waals surface area contributed by atoms with Gasteiger partial charge in [0.2, 0.25) is 10.0 Å². The van der Waals surface area contributed by atoms with Crippen molar-refractivity contribution >= 4 is 21.6 Å². The summed E-state index contributed by atoms with van der Waals surface area (Å²) in [5, 5.41) is 0.407. The zero-order valence-electron chi connectivity index (χ0n) is 15.6. The fourth-order valence-corrected chi connectivity index (χ4v) is 4.81. The molecule has 0 amide bonds. The van der Waals surface area contributed by atoms with Gasteiger partial charge in [0, 0.05) is 30.7 Å². The predicted octanol–water partition coefficient (Wildman–Crippen LogP) is 3.31. The van der Waals surface area contributed by atoms with Crippen LogP contribution in [0.3, 0.4) is 0 Å². The lowest BCUT2D eigenvalue weighted by Crippen LogP contribution is -2.43. The van der Waals surface area contributed by atoms with Crippen LogP contribution in [0.2, 0.25) is 5.02 Å². The molecule has 1 atom stereocenters. The molecule has 0 aromatic heterocycles. The monoisotopic (exact) mass is 408 g/mol. The molecule has 1 saturated heterocycles. The van der Waals surface area contributed by atoms with E-state index in [0.717, 1.165) is 18.7 Å². The number of ether oxygens (including phenoxy) is 1. The first-order chi connectivity index (χ1) is 12.9. The molecule has 0 radical (unpaired) electrons. The largest absolute Gasteiger partial charge is 0.379 e. The van der Waals surface area contributed by atoms with Crippen molar-refractivity contribution in [2.24, 2.45) is 0 Å². The lowest BCUT2D eigenvalue weighted by atomic mass is 10.0. The normalized spacial score (nSPS) is 17.0. The Morgan fingerprint density at radius 3 is 2.44 bits per heavy atom. The van der Waals surface area contributed by atoms with Crippen LogP contribution in [0.1, 0.15) is 22.7 Å². The summed E-state index contributed by atoms with van der Waals surface area (Å²) in [6, 6.07) is 13.1. The Kier molecular flexibility index (Phi) is 6.55. The van der Waals surface area contributed by atoms with Gasteiger partial charge in [-0.15, -0.1) is 0 Å². The highest BCUT2D eigenvalue weighted by Gasteiger charge is 2.25. The molecule has 2 aromatic carbocycles. The first-order valence-electron chi connectivity index (χ1n) is 9.01. The highest BCUT2D eigenvalue weighted by atomic mass is 35.5. The van der Waals surface area contributed by atoms with Crippen LogP contribution in [-0.4, -0.2) is 46.2 Å². The Morgan fingerprint density at radius 1 is 1.11 bits per heavy atom. The zero-order chi connectivity index (χ0) is 19.4. The number of aryl methyl sites for hydroxylation is 2. The summed E-state index contributed by atoms with van der Waals surface area (Å²) in [4.78, 5) is 2.49. The second kappa shape index (κ2) is 8.71. The van der Waals surface area contributed by atoms with Crippen molar-refractivity contribution in [3.05, 3.63) is 64.2 Å². The number of sulfonamides is 1. The van der Waals surface area contributed by atoms with Gasteiger partial charge < -0.3 is 4.74 Å². The van der Waals surface area contributed by atoms with Gasteiger partial charge in [0.15, 0.2) is 0 Å². The molecule has 0 aliphatic carbocycles. The lowest BCUT2D eigenvalue weighted by molar-refractivity contribution is 0.0172. The maximum atomic E-state index is 12.9. The van der Waals surface area contributed by atoms with E-state index in [1.54, 1.807) is 19.1 Å². The van der Waals surface area contributed by atoms with Crippen molar-refractivity contribution in [2.75, 3.05) is 32.8 Å². The minimum atomic E-state index is -3.66. The number of halogens is 1. The van der Waals surface area contributed by atoms with Gasteiger partial charge >= 0.3 is 0 Å². The summed E-state index contributed by atoms with van der Waals surface area (Å²) in [5.41, 5.74) is 2.94. The van der Waals surface area contributed by atoms with E-state index in [1.807, 2.05) is 6.92 Å². The van der Waals surface area contributed by atoms with E-state index < -0.39 is 10.0 Å². The first kappa shape index (κ1) is 20.3. The highest BCUT2D eigenvalue weighted by Crippen LogP contribution is 2.24. The Bertz CT molecular complexity index is 879. The van der Waals surface area contributed by atoms with Crippen molar-refractivity contribution in [3.8, 4) is 0 Å². The number of hydrogen-bond acceptors (Lipinski definition) is 4. The lowest BCUT2D eigenvalue weighted by Gasteiger charge is -2.35. The van der Waals surface area contributed by atoms with Crippen LogP contribution in [0.25, 0.3) is 0 Å². The summed E-state index contributed by atoms with van der Waals surface area (Å²) >= 11 is 6.00. The molecular weight excluding hydrogens is 384 g/mol. The number of rotatable bonds is 6. The van der Waals surface area contributed by atoms with E-state index in [1.165, 1.54) is 11.6 Å². The van der Waals surface area contributed by atoms with Crippen molar-refractivity contribution in [1.82, 2.24) is 9.62 Å². The van der Waals surface area contributed by atoms with Crippen molar-refractivity contribution in [3.63, 3.8) is 0 Å². The van der Waals surface area contributed by atoms with Crippen LogP contribution in [0.4, 0.5) is 0 Å². The maximum Gasteiger partial charge on any atom is 0.240 e. The maximum absolute atomic E-state index is 12.9. The first-order valence-corrected chi connectivity index (χ1v) is 10.9. The Hall–Kier alpha value is -1.44. The number of morpholine rings is 1. The summed E-state index contributed by atoms with van der Waals surface area (Å²) in [7, 11) is -3.66. The molecule has 1 aliphatic rings. The molecule has 0 spiro atoms. The van der Waals surface area contributed by atoms with Crippen LogP contribution in [-0.2, 0) is 14.8 Å². The van der Waals surface area contributed by atoms with Crippen molar-refractivity contribution in [1.29, 1.82) is 0 Å². The number of nitrogens with zero attached hydrogens (tertiary/aromatic N) is 1. The molecule has 1 aliphatic heterocycles. The van der Waals surface area contributed by atoms with Gasteiger partial charge in [-0.25, -0.2) is 13.1 Å². The predicted molar refractivity (Wildman–Crippen MR) is 108 cm³/mol. The molecule has 27 heavy (non-hydrogen) atoms. The fraction of sp³-hybridized carbons (Fsp3) is 0.400. The average Bonchev–Trinajstić information content (AvgIpc) is 2.66. The van der Waals surface area contributed by atoms with E-state index >= 15 is 0 Å². The van der Waals surface area contributed by atoms with Crippen molar-refractivity contribution in [2.45, 2.75) is 24.8 Å². The third-order valence-electron chi connectivity index (χ3n) is 4.85. The minimum absolute atomic E-state index is 0.0521. The van der Waals surface area contributed by atoms with E-state index in [0.29, 0.717) is 23.8 Å². The molecule has 0 saturated carbocycles. The second-order valence-electron chi connectivity index (χ2n) is 6.84. The SMILES string of the molecule is Cc1ccc(C(CNS(=O)(=O)c2cc(Cl)ccc2C)N2CCOCC2)cc1. The van der Waals surface area contributed by atoms with E-state index in [2.05, 4.69) is 33.9 Å². The molecule has 146 valence electrons. The standard InChI is InChI=1S/C20H25ClN2O3S/c1-15-3-6-17(7-4-15)19(23-9-11-26-12-10-23)14-22-27(24,25)20-13-18(21)8-5-16(20)2/h3-8,13,19,22H,9-12,14H2,1-2H3. The Balaban J connectivity index is 1.83. The number of benzene rings is 2. The van der Waals surface area contributed by atoms with Crippen LogP contribution < -0.4 is 4.72 Å². The molecule has 1 heterocycles. The van der Waals surface area contributed by atoms with E-state index in [9.17, 15) is 8.42 Å². The van der Waals surface area contributed by atoms with Crippen molar-refractivity contribution < 1.29 is 13.2 Å². The third-order valence-corrected chi connectivity index (χ3v) is 6.66. The molecule has 5 nitrogen and oxygen atoms in total. The summed E-state index contributed by atoms with van der Waals surface area (Å²) in [5.74, 6) is 0. The smallest absolute Gasteiger partial charge is 0.240 e. The molecule has 3 rings (SSSR count). The van der Waals surface area contributed by atoms with Crippen LogP contribution >= 0.6 is 11.6 Å². The minimum Gasteiger partial charge on any atom is -0.379 e. The number of hydrogen-bond donors (Lipinski definition) is 1. The van der Waals surface area contributed by atoms with Gasteiger partial charge in [-0.2, -0.15) is 0 Å². The molecule has 1 N–H and O–H groups in total. The van der Waals surface area contributed by atoms with Gasteiger partial charge in [0.1, 0.15) is 0 Å². The molecule has 1 unspecified atom stereocenters. The van der Waals surface area contributed by atoms with E-state index in [-0.39, 0.29) is 17.5 Å².